The summed E-state index contributed by atoms with van der Waals surface area (Å²) in [6.07, 6.45) is -0.252. The zero-order valence-electron chi connectivity index (χ0n) is 11.7. The molecule has 116 valence electrons. The number of nitrogens with one attached hydrogen (secondary N) is 1. The molecule has 1 saturated heterocycles. The molecule has 1 aromatic rings. The lowest BCUT2D eigenvalue weighted by atomic mass is 10.3. The number of anilines is 1. The van der Waals surface area contributed by atoms with Crippen LogP contribution in [0.25, 0.3) is 0 Å². The maximum Gasteiger partial charge on any atom is 0.350 e. The molecule has 0 spiro atoms. The van der Waals surface area contributed by atoms with E-state index in [1.807, 2.05) is 4.90 Å². The number of aliphatic hydroxyl groups excluding tert-OH is 1. The summed E-state index contributed by atoms with van der Waals surface area (Å²) in [5, 5.41) is 13.5. The van der Waals surface area contributed by atoms with Crippen molar-refractivity contribution in [1.82, 2.24) is 4.90 Å². The predicted octanol–water partition coefficient (Wildman–Crippen LogP) is 0.166. The number of esters is 1. The highest BCUT2D eigenvalue weighted by molar-refractivity contribution is 7.12. The third-order valence-electron chi connectivity index (χ3n) is 3.10. The lowest BCUT2D eigenvalue weighted by Crippen LogP contribution is -2.46. The van der Waals surface area contributed by atoms with E-state index in [9.17, 15) is 9.59 Å². The van der Waals surface area contributed by atoms with E-state index in [-0.39, 0.29) is 25.2 Å². The van der Waals surface area contributed by atoms with Gasteiger partial charge < -0.3 is 19.9 Å². The van der Waals surface area contributed by atoms with Gasteiger partial charge in [-0.05, 0) is 11.4 Å². The number of hydrogen-bond donors (Lipinski definition) is 2. The molecule has 1 aromatic heterocycles. The zero-order chi connectivity index (χ0) is 15.2. The molecule has 1 unspecified atom stereocenters. The molecule has 0 aliphatic carbocycles. The van der Waals surface area contributed by atoms with Gasteiger partial charge in [0, 0.05) is 13.1 Å². The number of carbonyl (C=O) groups is 2. The number of rotatable bonds is 5. The third kappa shape index (κ3) is 4.24. The molecule has 0 bridgehead atoms. The van der Waals surface area contributed by atoms with Crippen molar-refractivity contribution in [3.63, 3.8) is 0 Å². The maximum atomic E-state index is 12.0. The number of morpholine rings is 1. The molecule has 0 radical (unpaired) electrons. The normalized spacial score (nSPS) is 19.2. The van der Waals surface area contributed by atoms with Gasteiger partial charge in [-0.3, -0.25) is 9.69 Å². The largest absolute Gasteiger partial charge is 0.465 e. The summed E-state index contributed by atoms with van der Waals surface area (Å²) in [7, 11) is 1.30. The summed E-state index contributed by atoms with van der Waals surface area (Å²) in [5.41, 5.74) is 0.462. The van der Waals surface area contributed by atoms with Crippen molar-refractivity contribution in [2.75, 3.05) is 45.3 Å². The van der Waals surface area contributed by atoms with Crippen LogP contribution in [0.3, 0.4) is 0 Å². The molecule has 1 atom stereocenters. The highest BCUT2D eigenvalue weighted by atomic mass is 32.1. The SMILES string of the molecule is COC(=O)c1sccc1NC(=O)CN1CCOC(CO)C1. The van der Waals surface area contributed by atoms with E-state index in [0.29, 0.717) is 30.3 Å². The molecule has 2 rings (SSSR count). The Morgan fingerprint density at radius 1 is 1.62 bits per heavy atom. The van der Waals surface area contributed by atoms with Crippen LogP contribution >= 0.6 is 11.3 Å². The molecular formula is C13H18N2O5S. The number of nitrogens with zero attached hydrogens (tertiary/aromatic N) is 1. The van der Waals surface area contributed by atoms with Gasteiger partial charge in [-0.25, -0.2) is 4.79 Å². The van der Waals surface area contributed by atoms with Gasteiger partial charge >= 0.3 is 5.97 Å². The lowest BCUT2D eigenvalue weighted by Gasteiger charge is -2.31. The maximum absolute atomic E-state index is 12.0. The molecule has 2 heterocycles. The van der Waals surface area contributed by atoms with E-state index in [2.05, 4.69) is 10.1 Å². The van der Waals surface area contributed by atoms with Crippen LogP contribution in [0.15, 0.2) is 11.4 Å². The van der Waals surface area contributed by atoms with E-state index >= 15 is 0 Å². The van der Waals surface area contributed by atoms with E-state index in [4.69, 9.17) is 9.84 Å². The van der Waals surface area contributed by atoms with Gasteiger partial charge in [0.25, 0.3) is 0 Å². The number of ether oxygens (including phenoxy) is 2. The Hall–Kier alpha value is -1.48. The van der Waals surface area contributed by atoms with Crippen LogP contribution in [0.2, 0.25) is 0 Å². The van der Waals surface area contributed by atoms with Gasteiger partial charge in [-0.2, -0.15) is 0 Å². The second-order valence-corrected chi connectivity index (χ2v) is 5.53. The predicted molar refractivity (Wildman–Crippen MR) is 77.6 cm³/mol. The van der Waals surface area contributed by atoms with Crippen LogP contribution < -0.4 is 5.32 Å². The van der Waals surface area contributed by atoms with E-state index < -0.39 is 5.97 Å². The molecule has 1 aliphatic rings. The standard InChI is InChI=1S/C13H18N2O5S/c1-19-13(18)12-10(2-5-21-12)14-11(17)7-15-3-4-20-9(6-15)8-16/h2,5,9,16H,3-4,6-8H2,1H3,(H,14,17). The average Bonchev–Trinajstić information content (AvgIpc) is 2.94. The van der Waals surface area contributed by atoms with Crippen molar-refractivity contribution in [2.45, 2.75) is 6.10 Å². The Kier molecular flexibility index (Phi) is 5.68. The number of thiophene rings is 1. The molecule has 1 fully saturated rings. The topological polar surface area (TPSA) is 88.1 Å². The van der Waals surface area contributed by atoms with Crippen molar-refractivity contribution in [1.29, 1.82) is 0 Å². The Morgan fingerprint density at radius 3 is 3.14 bits per heavy atom. The summed E-state index contributed by atoms with van der Waals surface area (Å²) in [6, 6.07) is 1.67. The zero-order valence-corrected chi connectivity index (χ0v) is 12.5. The second-order valence-electron chi connectivity index (χ2n) is 4.61. The van der Waals surface area contributed by atoms with Gasteiger partial charge in [-0.1, -0.05) is 0 Å². The monoisotopic (exact) mass is 314 g/mol. The van der Waals surface area contributed by atoms with Crippen molar-refractivity contribution < 1.29 is 24.2 Å². The smallest absolute Gasteiger partial charge is 0.350 e. The number of carbonyl (C=O) groups excluding carboxylic acids is 2. The highest BCUT2D eigenvalue weighted by Gasteiger charge is 2.22. The lowest BCUT2D eigenvalue weighted by molar-refractivity contribution is -0.120. The first-order valence-electron chi connectivity index (χ1n) is 6.54. The van der Waals surface area contributed by atoms with E-state index in [0.717, 1.165) is 0 Å². The summed E-state index contributed by atoms with van der Waals surface area (Å²) in [6.45, 7) is 1.77. The molecule has 8 heteroatoms. The quantitative estimate of drug-likeness (QED) is 0.753. The van der Waals surface area contributed by atoms with Gasteiger partial charge in [0.1, 0.15) is 4.88 Å². The first-order chi connectivity index (χ1) is 10.1. The van der Waals surface area contributed by atoms with Crippen molar-refractivity contribution in [2.24, 2.45) is 0 Å². The van der Waals surface area contributed by atoms with Gasteiger partial charge in [0.2, 0.25) is 5.91 Å². The fourth-order valence-corrected chi connectivity index (χ4v) is 2.85. The van der Waals surface area contributed by atoms with Crippen LogP contribution in [0, 0.1) is 0 Å². The molecule has 1 aliphatic heterocycles. The van der Waals surface area contributed by atoms with E-state index in [1.54, 1.807) is 11.4 Å². The minimum Gasteiger partial charge on any atom is -0.465 e. The molecule has 0 aromatic carbocycles. The highest BCUT2D eigenvalue weighted by Crippen LogP contribution is 2.23. The average molecular weight is 314 g/mol. The van der Waals surface area contributed by atoms with Crippen LogP contribution in [-0.4, -0.2) is 67.9 Å². The second kappa shape index (κ2) is 7.51. The molecule has 7 nitrogen and oxygen atoms in total. The van der Waals surface area contributed by atoms with E-state index in [1.165, 1.54) is 18.4 Å². The molecule has 2 N–H and O–H groups in total. The summed E-state index contributed by atoms with van der Waals surface area (Å²) >= 11 is 1.22. The van der Waals surface area contributed by atoms with Crippen LogP contribution in [0.4, 0.5) is 5.69 Å². The summed E-state index contributed by atoms with van der Waals surface area (Å²) < 4.78 is 9.99. The Bertz CT molecular complexity index is 505. The molecule has 0 saturated carbocycles. The van der Waals surface area contributed by atoms with Crippen LogP contribution in [0.5, 0.6) is 0 Å². The number of amides is 1. The Morgan fingerprint density at radius 2 is 2.43 bits per heavy atom. The molecule has 1 amide bonds. The first kappa shape index (κ1) is 15.9. The molecular weight excluding hydrogens is 296 g/mol. The van der Waals surface area contributed by atoms with Crippen molar-refractivity contribution in [3.05, 3.63) is 16.3 Å². The van der Waals surface area contributed by atoms with Gasteiger partial charge in [0.15, 0.2) is 0 Å². The Labute approximate surface area is 126 Å². The number of aliphatic hydroxyl groups is 1. The summed E-state index contributed by atoms with van der Waals surface area (Å²) in [4.78, 5) is 25.8. The van der Waals surface area contributed by atoms with Crippen molar-refractivity contribution in [3.8, 4) is 0 Å². The molecule has 21 heavy (non-hydrogen) atoms. The number of hydrogen-bond acceptors (Lipinski definition) is 7. The fourth-order valence-electron chi connectivity index (χ4n) is 2.09. The van der Waals surface area contributed by atoms with Crippen molar-refractivity contribution >= 4 is 28.9 Å². The van der Waals surface area contributed by atoms with Crippen LogP contribution in [-0.2, 0) is 14.3 Å². The Balaban J connectivity index is 1.90. The minimum absolute atomic E-state index is 0.0604. The number of methoxy groups -OCH3 is 1. The van der Waals surface area contributed by atoms with Crippen LogP contribution in [0.1, 0.15) is 9.67 Å². The third-order valence-corrected chi connectivity index (χ3v) is 4.00. The first-order valence-corrected chi connectivity index (χ1v) is 7.42. The van der Waals surface area contributed by atoms with Gasteiger partial charge in [-0.15, -0.1) is 11.3 Å². The summed E-state index contributed by atoms with van der Waals surface area (Å²) in [5.74, 6) is -0.677. The van der Waals surface area contributed by atoms with Gasteiger partial charge in [0.05, 0.1) is 38.7 Å². The fraction of sp³-hybridized carbons (Fsp3) is 0.538. The minimum atomic E-state index is -0.466.